The van der Waals surface area contributed by atoms with Crippen LogP contribution in [0.15, 0.2) is 24.3 Å². The highest BCUT2D eigenvalue weighted by atomic mass is 16.4. The van der Waals surface area contributed by atoms with Gasteiger partial charge in [-0.3, -0.25) is 0 Å². The molecule has 0 bridgehead atoms. The quantitative estimate of drug-likeness (QED) is 0.230. The SMILES string of the molecule is CCCCCCC[C@H]1CC[C@H]([C@H]2CC[C@H](C/C=C/C=C/C(=O)O)CC2)CC1. The molecule has 154 valence electrons. The Morgan fingerprint density at radius 1 is 0.815 bits per heavy atom. The van der Waals surface area contributed by atoms with Crippen LogP contribution in [-0.2, 0) is 4.79 Å². The summed E-state index contributed by atoms with van der Waals surface area (Å²) in [5, 5.41) is 8.58. The number of allylic oxidation sites excluding steroid dienone is 3. The molecule has 2 saturated carbocycles. The van der Waals surface area contributed by atoms with Gasteiger partial charge in [-0.2, -0.15) is 0 Å². The van der Waals surface area contributed by atoms with E-state index in [1.54, 1.807) is 6.08 Å². The largest absolute Gasteiger partial charge is 0.478 e. The molecular weight excluding hydrogens is 332 g/mol. The van der Waals surface area contributed by atoms with Crippen molar-refractivity contribution in [3.05, 3.63) is 24.3 Å². The highest BCUT2D eigenvalue weighted by molar-refractivity contribution is 5.80. The van der Waals surface area contributed by atoms with Gasteiger partial charge in [-0.1, -0.05) is 76.5 Å². The van der Waals surface area contributed by atoms with Crippen molar-refractivity contribution in [2.24, 2.45) is 23.7 Å². The van der Waals surface area contributed by atoms with E-state index >= 15 is 0 Å². The van der Waals surface area contributed by atoms with E-state index in [2.05, 4.69) is 13.0 Å². The van der Waals surface area contributed by atoms with E-state index < -0.39 is 5.97 Å². The van der Waals surface area contributed by atoms with Gasteiger partial charge in [0.1, 0.15) is 0 Å². The van der Waals surface area contributed by atoms with E-state index in [9.17, 15) is 4.79 Å². The molecule has 2 heteroatoms. The molecule has 1 N–H and O–H groups in total. The first-order valence-electron chi connectivity index (χ1n) is 11.7. The van der Waals surface area contributed by atoms with E-state index in [4.69, 9.17) is 5.11 Å². The molecule has 0 saturated heterocycles. The Kier molecular flexibility index (Phi) is 10.9. The number of hydrogen-bond acceptors (Lipinski definition) is 1. The molecule has 27 heavy (non-hydrogen) atoms. The van der Waals surface area contributed by atoms with Crippen molar-refractivity contribution in [2.45, 2.75) is 103 Å². The maximum Gasteiger partial charge on any atom is 0.328 e. The van der Waals surface area contributed by atoms with E-state index in [1.165, 1.54) is 96.0 Å². The lowest BCUT2D eigenvalue weighted by Gasteiger charge is -2.37. The third kappa shape index (κ3) is 9.12. The lowest BCUT2D eigenvalue weighted by Crippen LogP contribution is -2.25. The van der Waals surface area contributed by atoms with E-state index in [-0.39, 0.29) is 0 Å². The van der Waals surface area contributed by atoms with Gasteiger partial charge in [-0.15, -0.1) is 0 Å². The van der Waals surface area contributed by atoms with Gasteiger partial charge in [-0.05, 0) is 68.6 Å². The molecule has 2 rings (SSSR count). The van der Waals surface area contributed by atoms with E-state index in [0.29, 0.717) is 0 Å². The Hall–Kier alpha value is -1.05. The molecule has 2 aliphatic rings. The van der Waals surface area contributed by atoms with Crippen molar-refractivity contribution < 1.29 is 9.90 Å². The minimum atomic E-state index is -0.869. The number of rotatable bonds is 11. The van der Waals surface area contributed by atoms with Gasteiger partial charge in [0.15, 0.2) is 0 Å². The summed E-state index contributed by atoms with van der Waals surface area (Å²) in [6.07, 6.45) is 28.2. The second-order valence-corrected chi connectivity index (χ2v) is 9.13. The summed E-state index contributed by atoms with van der Waals surface area (Å²) < 4.78 is 0. The molecule has 2 fully saturated rings. The fourth-order valence-corrected chi connectivity index (χ4v) is 5.37. The van der Waals surface area contributed by atoms with Crippen LogP contribution >= 0.6 is 0 Å². The zero-order valence-corrected chi connectivity index (χ0v) is 17.6. The fourth-order valence-electron chi connectivity index (χ4n) is 5.37. The van der Waals surface area contributed by atoms with Gasteiger partial charge in [0.05, 0.1) is 0 Å². The van der Waals surface area contributed by atoms with Crippen LogP contribution in [0.1, 0.15) is 103 Å². The van der Waals surface area contributed by atoms with Crippen LogP contribution in [-0.4, -0.2) is 11.1 Å². The molecular formula is C25H42O2. The van der Waals surface area contributed by atoms with Gasteiger partial charge in [0, 0.05) is 6.08 Å². The van der Waals surface area contributed by atoms with Crippen molar-refractivity contribution in [3.8, 4) is 0 Å². The van der Waals surface area contributed by atoms with Crippen LogP contribution in [0.4, 0.5) is 0 Å². The van der Waals surface area contributed by atoms with Crippen LogP contribution < -0.4 is 0 Å². The zero-order chi connectivity index (χ0) is 19.3. The standard InChI is InChI=1S/C25H42O2/c1-2-3-4-5-7-10-21-13-17-23(18-14-21)24-19-15-22(16-20-24)11-8-6-9-12-25(26)27/h6,8-9,12,21-24H,2-5,7,10-11,13-20H2,1H3,(H,26,27)/b8-6+,12-9+/t21-,22-,23-,24-. The molecule has 2 nitrogen and oxygen atoms in total. The molecule has 0 aliphatic heterocycles. The summed E-state index contributed by atoms with van der Waals surface area (Å²) in [7, 11) is 0. The lowest BCUT2D eigenvalue weighted by molar-refractivity contribution is -0.131. The minimum Gasteiger partial charge on any atom is -0.478 e. The van der Waals surface area contributed by atoms with Gasteiger partial charge in [-0.25, -0.2) is 4.79 Å². The first-order valence-corrected chi connectivity index (χ1v) is 11.7. The predicted molar refractivity (Wildman–Crippen MR) is 115 cm³/mol. The smallest absolute Gasteiger partial charge is 0.328 e. The monoisotopic (exact) mass is 374 g/mol. The predicted octanol–water partition coefficient (Wildman–Crippen LogP) is 7.55. The summed E-state index contributed by atoms with van der Waals surface area (Å²) in [5.41, 5.74) is 0. The molecule has 0 atom stereocenters. The van der Waals surface area contributed by atoms with Crippen LogP contribution in [0.25, 0.3) is 0 Å². The normalized spacial score (nSPS) is 29.5. The maximum absolute atomic E-state index is 10.4. The molecule has 0 aromatic carbocycles. The van der Waals surface area contributed by atoms with Crippen LogP contribution in [0.3, 0.4) is 0 Å². The number of carbonyl (C=O) groups is 1. The number of carboxylic acid groups (broad SMARTS) is 1. The molecule has 2 aliphatic carbocycles. The minimum absolute atomic E-state index is 0.815. The zero-order valence-electron chi connectivity index (χ0n) is 17.6. The van der Waals surface area contributed by atoms with Crippen molar-refractivity contribution in [1.29, 1.82) is 0 Å². The highest BCUT2D eigenvalue weighted by Gasteiger charge is 2.30. The van der Waals surface area contributed by atoms with Gasteiger partial charge >= 0.3 is 5.97 Å². The summed E-state index contributed by atoms with van der Waals surface area (Å²) in [6, 6.07) is 0. The number of carboxylic acids is 1. The van der Waals surface area contributed by atoms with E-state index in [1.807, 2.05) is 6.08 Å². The summed E-state index contributed by atoms with van der Waals surface area (Å²) in [4.78, 5) is 10.4. The third-order valence-electron chi connectivity index (χ3n) is 7.12. The average molecular weight is 375 g/mol. The summed E-state index contributed by atoms with van der Waals surface area (Å²) in [5.74, 6) is 2.98. The highest BCUT2D eigenvalue weighted by Crippen LogP contribution is 2.42. The molecule has 0 aromatic heterocycles. The Morgan fingerprint density at radius 3 is 2.00 bits per heavy atom. The van der Waals surface area contributed by atoms with Crippen molar-refractivity contribution in [3.63, 3.8) is 0 Å². The van der Waals surface area contributed by atoms with Crippen LogP contribution in [0, 0.1) is 23.7 Å². The van der Waals surface area contributed by atoms with Crippen LogP contribution in [0.2, 0.25) is 0 Å². The van der Waals surface area contributed by atoms with Crippen LogP contribution in [0.5, 0.6) is 0 Å². The van der Waals surface area contributed by atoms with Gasteiger partial charge < -0.3 is 5.11 Å². The number of hydrogen-bond donors (Lipinski definition) is 1. The lowest BCUT2D eigenvalue weighted by atomic mass is 9.68. The Labute approximate surface area is 167 Å². The molecule has 0 heterocycles. The fraction of sp³-hybridized carbons (Fsp3) is 0.800. The number of aliphatic carboxylic acids is 1. The molecule has 0 unspecified atom stereocenters. The van der Waals surface area contributed by atoms with Gasteiger partial charge in [0.2, 0.25) is 0 Å². The van der Waals surface area contributed by atoms with E-state index in [0.717, 1.165) is 30.1 Å². The Balaban J connectivity index is 1.56. The number of unbranched alkanes of at least 4 members (excludes halogenated alkanes) is 4. The maximum atomic E-state index is 10.4. The third-order valence-corrected chi connectivity index (χ3v) is 7.12. The van der Waals surface area contributed by atoms with Crippen molar-refractivity contribution >= 4 is 5.97 Å². The summed E-state index contributed by atoms with van der Waals surface area (Å²) >= 11 is 0. The second-order valence-electron chi connectivity index (χ2n) is 9.13. The Morgan fingerprint density at radius 2 is 1.41 bits per heavy atom. The average Bonchev–Trinajstić information content (AvgIpc) is 2.68. The first-order chi connectivity index (χ1) is 13.2. The topological polar surface area (TPSA) is 37.3 Å². The van der Waals surface area contributed by atoms with Crippen molar-refractivity contribution in [1.82, 2.24) is 0 Å². The van der Waals surface area contributed by atoms with Gasteiger partial charge in [0.25, 0.3) is 0 Å². The first kappa shape index (κ1) is 22.2. The summed E-state index contributed by atoms with van der Waals surface area (Å²) in [6.45, 7) is 2.30. The molecule has 0 radical (unpaired) electrons. The van der Waals surface area contributed by atoms with Crippen molar-refractivity contribution in [2.75, 3.05) is 0 Å². The molecule has 0 spiro atoms. The molecule has 0 aromatic rings. The molecule has 0 amide bonds. The Bertz CT molecular complexity index is 449. The second kappa shape index (κ2) is 13.2.